The molecule has 0 aliphatic carbocycles. The zero-order valence-electron chi connectivity index (χ0n) is 32.2. The van der Waals surface area contributed by atoms with E-state index >= 15 is 0 Å². The number of esters is 1. The fraction of sp³-hybridized carbons (Fsp3) is 0.814. The van der Waals surface area contributed by atoms with Gasteiger partial charge >= 0.3 is 5.97 Å². The van der Waals surface area contributed by atoms with Crippen LogP contribution in [0.3, 0.4) is 0 Å². The van der Waals surface area contributed by atoms with Gasteiger partial charge in [0, 0.05) is 12.8 Å². The minimum atomic E-state index is -0.178. The summed E-state index contributed by atoms with van der Waals surface area (Å²) in [7, 11) is 0. The number of hydrogen-bond donors (Lipinski definition) is 3. The van der Waals surface area contributed by atoms with Gasteiger partial charge < -0.3 is 20.7 Å². The van der Waals surface area contributed by atoms with Crippen LogP contribution in [0, 0.1) is 0 Å². The first-order valence-electron chi connectivity index (χ1n) is 20.7. The van der Waals surface area contributed by atoms with Crippen LogP contribution in [0.1, 0.15) is 212 Å². The standard InChI is InChI=1S/C25H42O3.C18H37NO2/c1-2-3-4-14-19-24(26)20-15-9-7-5-6-8-10-16-21-25(27)28-22-23-17-12-11-13-18-23;1-2-3-4-11-14-17(20)15-12-9-7-5-6-8-10-13-16-18(19)21/h11-13,17-18,24,26H,2-10,14-16,19-22H2,1H3;17,20H,2-16H2,1H3,(H2,19,21). The number of ether oxygens (including phenoxy) is 1. The molecule has 0 spiro atoms. The highest BCUT2D eigenvalue weighted by Gasteiger charge is 2.06. The van der Waals surface area contributed by atoms with Crippen molar-refractivity contribution in [2.24, 2.45) is 5.73 Å². The molecule has 1 aromatic rings. The zero-order valence-corrected chi connectivity index (χ0v) is 32.2. The first-order chi connectivity index (χ1) is 23.9. The van der Waals surface area contributed by atoms with E-state index in [0.29, 0.717) is 19.4 Å². The highest BCUT2D eigenvalue weighted by atomic mass is 16.5. The lowest BCUT2D eigenvalue weighted by Gasteiger charge is -2.10. The lowest BCUT2D eigenvalue weighted by Crippen LogP contribution is -2.09. The Kier molecular flexibility index (Phi) is 35.9. The van der Waals surface area contributed by atoms with E-state index in [4.69, 9.17) is 10.5 Å². The molecule has 0 aliphatic heterocycles. The topological polar surface area (TPSA) is 110 Å². The summed E-state index contributed by atoms with van der Waals surface area (Å²) >= 11 is 0. The van der Waals surface area contributed by atoms with Gasteiger partial charge in [0.05, 0.1) is 12.2 Å². The molecule has 0 aromatic heterocycles. The summed E-state index contributed by atoms with van der Waals surface area (Å²) in [6, 6.07) is 9.83. The molecule has 286 valence electrons. The summed E-state index contributed by atoms with van der Waals surface area (Å²) < 4.78 is 5.30. The fourth-order valence-corrected chi connectivity index (χ4v) is 6.16. The van der Waals surface area contributed by atoms with Gasteiger partial charge in [-0.05, 0) is 44.1 Å². The van der Waals surface area contributed by atoms with Crippen molar-refractivity contribution < 1.29 is 24.5 Å². The molecule has 4 N–H and O–H groups in total. The molecule has 0 heterocycles. The third-order valence-electron chi connectivity index (χ3n) is 9.40. The lowest BCUT2D eigenvalue weighted by molar-refractivity contribution is -0.145. The van der Waals surface area contributed by atoms with Gasteiger partial charge in [-0.3, -0.25) is 9.59 Å². The van der Waals surface area contributed by atoms with Crippen LogP contribution in [0.15, 0.2) is 30.3 Å². The van der Waals surface area contributed by atoms with Crippen molar-refractivity contribution in [2.45, 2.75) is 225 Å². The minimum absolute atomic E-state index is 0.0735. The maximum absolute atomic E-state index is 11.7. The van der Waals surface area contributed by atoms with Crippen molar-refractivity contribution in [1.29, 1.82) is 0 Å². The number of unbranched alkanes of at least 4 members (excludes halogenated alkanes) is 20. The van der Waals surface area contributed by atoms with Gasteiger partial charge in [-0.2, -0.15) is 0 Å². The molecule has 2 atom stereocenters. The number of benzene rings is 1. The second-order valence-corrected chi connectivity index (χ2v) is 14.4. The number of amides is 1. The van der Waals surface area contributed by atoms with Gasteiger partial charge in [-0.25, -0.2) is 0 Å². The largest absolute Gasteiger partial charge is 0.461 e. The van der Waals surface area contributed by atoms with Crippen LogP contribution in [-0.4, -0.2) is 34.3 Å². The maximum Gasteiger partial charge on any atom is 0.306 e. The number of primary amides is 1. The number of nitrogens with two attached hydrogens (primary N) is 1. The molecule has 0 fully saturated rings. The van der Waals surface area contributed by atoms with E-state index in [-0.39, 0.29) is 24.1 Å². The van der Waals surface area contributed by atoms with Crippen molar-refractivity contribution in [3.05, 3.63) is 35.9 Å². The van der Waals surface area contributed by atoms with Crippen molar-refractivity contribution >= 4 is 11.9 Å². The summed E-state index contributed by atoms with van der Waals surface area (Å²) in [5.74, 6) is -0.264. The number of carbonyl (C=O) groups excluding carboxylic acids is 2. The molecule has 6 heteroatoms. The highest BCUT2D eigenvalue weighted by Crippen LogP contribution is 2.16. The SMILES string of the molecule is CCCCCCC(O)CCCCCCCCCCC(=O)OCc1ccccc1.CCCCCCC(O)CCCCCCCCCCC(N)=O. The Morgan fingerprint density at radius 3 is 1.27 bits per heavy atom. The van der Waals surface area contributed by atoms with Gasteiger partial charge in [0.25, 0.3) is 0 Å². The Morgan fingerprint density at radius 2 is 0.878 bits per heavy atom. The summed E-state index contributed by atoms with van der Waals surface area (Å²) in [4.78, 5) is 22.3. The summed E-state index contributed by atoms with van der Waals surface area (Å²) in [6.07, 6.45) is 33.7. The average Bonchev–Trinajstić information content (AvgIpc) is 3.10. The Hall–Kier alpha value is -1.92. The number of aliphatic hydroxyl groups excluding tert-OH is 2. The van der Waals surface area contributed by atoms with Crippen molar-refractivity contribution in [3.8, 4) is 0 Å². The van der Waals surface area contributed by atoms with Gasteiger partial charge in [0.15, 0.2) is 0 Å². The number of aliphatic hydroxyl groups is 2. The van der Waals surface area contributed by atoms with Crippen LogP contribution in [0.5, 0.6) is 0 Å². The van der Waals surface area contributed by atoms with Gasteiger partial charge in [-0.1, -0.05) is 185 Å². The van der Waals surface area contributed by atoms with Crippen LogP contribution < -0.4 is 5.73 Å². The molecule has 0 radical (unpaired) electrons. The van der Waals surface area contributed by atoms with Gasteiger partial charge in [0.1, 0.15) is 6.61 Å². The minimum Gasteiger partial charge on any atom is -0.461 e. The smallest absolute Gasteiger partial charge is 0.306 e. The van der Waals surface area contributed by atoms with Crippen LogP contribution in [0.4, 0.5) is 0 Å². The normalized spacial score (nSPS) is 12.2. The van der Waals surface area contributed by atoms with Gasteiger partial charge in [-0.15, -0.1) is 0 Å². The molecule has 49 heavy (non-hydrogen) atoms. The van der Waals surface area contributed by atoms with E-state index < -0.39 is 0 Å². The third-order valence-corrected chi connectivity index (χ3v) is 9.40. The second-order valence-electron chi connectivity index (χ2n) is 14.4. The Morgan fingerprint density at radius 1 is 0.531 bits per heavy atom. The summed E-state index contributed by atoms with van der Waals surface area (Å²) in [5, 5.41) is 19.8. The lowest BCUT2D eigenvalue weighted by atomic mass is 10.0. The summed E-state index contributed by atoms with van der Waals surface area (Å²) in [5.41, 5.74) is 6.14. The van der Waals surface area contributed by atoms with E-state index in [1.165, 1.54) is 116 Å². The predicted octanol–water partition coefficient (Wildman–Crippen LogP) is 11.7. The quantitative estimate of drug-likeness (QED) is 0.0493. The molecule has 6 nitrogen and oxygen atoms in total. The van der Waals surface area contributed by atoms with E-state index in [0.717, 1.165) is 69.8 Å². The van der Waals surface area contributed by atoms with Crippen molar-refractivity contribution in [1.82, 2.24) is 0 Å². The first kappa shape index (κ1) is 47.1. The van der Waals surface area contributed by atoms with E-state index in [9.17, 15) is 19.8 Å². The van der Waals surface area contributed by atoms with E-state index in [2.05, 4.69) is 13.8 Å². The molecule has 0 saturated carbocycles. The fourth-order valence-electron chi connectivity index (χ4n) is 6.16. The number of carbonyl (C=O) groups is 2. The number of rotatable bonds is 34. The van der Waals surface area contributed by atoms with Crippen molar-refractivity contribution in [3.63, 3.8) is 0 Å². The molecule has 0 saturated heterocycles. The Balaban J connectivity index is 0.000000983. The van der Waals surface area contributed by atoms with Crippen LogP contribution >= 0.6 is 0 Å². The molecule has 2 unspecified atom stereocenters. The maximum atomic E-state index is 11.7. The highest BCUT2D eigenvalue weighted by molar-refractivity contribution is 5.73. The molecule has 0 aliphatic rings. The Labute approximate surface area is 302 Å². The number of hydrogen-bond acceptors (Lipinski definition) is 5. The van der Waals surface area contributed by atoms with Gasteiger partial charge in [0.2, 0.25) is 5.91 Å². The molecular formula is C43H79NO5. The van der Waals surface area contributed by atoms with Crippen LogP contribution in [-0.2, 0) is 20.9 Å². The monoisotopic (exact) mass is 690 g/mol. The zero-order chi connectivity index (χ0) is 36.0. The molecule has 0 bridgehead atoms. The van der Waals surface area contributed by atoms with E-state index in [1.54, 1.807) is 0 Å². The molecule has 1 amide bonds. The van der Waals surface area contributed by atoms with Crippen molar-refractivity contribution in [2.75, 3.05) is 0 Å². The average molecular weight is 690 g/mol. The third kappa shape index (κ3) is 37.2. The van der Waals surface area contributed by atoms with E-state index in [1.807, 2.05) is 30.3 Å². The second kappa shape index (κ2) is 37.3. The van der Waals surface area contributed by atoms with Crippen LogP contribution in [0.25, 0.3) is 0 Å². The molecular weight excluding hydrogens is 610 g/mol. The predicted molar refractivity (Wildman–Crippen MR) is 207 cm³/mol. The first-order valence-corrected chi connectivity index (χ1v) is 20.7. The molecule has 1 rings (SSSR count). The Bertz CT molecular complexity index is 833. The molecule has 1 aromatic carbocycles. The van der Waals surface area contributed by atoms with Crippen LogP contribution in [0.2, 0.25) is 0 Å². The summed E-state index contributed by atoms with van der Waals surface area (Å²) in [6.45, 7) is 4.82.